The summed E-state index contributed by atoms with van der Waals surface area (Å²) in [7, 11) is 1.70. The molecular formula is C19H26N4O2S. The molecule has 0 aliphatic carbocycles. The summed E-state index contributed by atoms with van der Waals surface area (Å²) in [4.78, 5) is 32.4. The van der Waals surface area contributed by atoms with Crippen molar-refractivity contribution in [2.24, 2.45) is 13.0 Å². The number of hydrogen-bond acceptors (Lipinski definition) is 4. The number of fused-ring (bicyclic) bond motifs is 1. The molecule has 2 amide bonds. The van der Waals surface area contributed by atoms with Crippen LogP contribution in [-0.4, -0.2) is 27.0 Å². The quantitative estimate of drug-likeness (QED) is 0.874. The predicted molar refractivity (Wildman–Crippen MR) is 103 cm³/mol. The zero-order valence-electron chi connectivity index (χ0n) is 15.6. The van der Waals surface area contributed by atoms with Crippen LogP contribution in [0.5, 0.6) is 0 Å². The van der Waals surface area contributed by atoms with E-state index in [0.717, 1.165) is 18.4 Å². The summed E-state index contributed by atoms with van der Waals surface area (Å²) in [6, 6.07) is 4.06. The van der Waals surface area contributed by atoms with Gasteiger partial charge in [0.25, 0.3) is 5.56 Å². The molecule has 0 saturated heterocycles. The third kappa shape index (κ3) is 3.67. The van der Waals surface area contributed by atoms with E-state index in [1.54, 1.807) is 23.3 Å². The topological polar surface area (TPSA) is 67.2 Å². The van der Waals surface area contributed by atoms with E-state index in [1.807, 2.05) is 11.4 Å². The van der Waals surface area contributed by atoms with E-state index >= 15 is 0 Å². The Labute approximate surface area is 157 Å². The molecule has 0 saturated carbocycles. The van der Waals surface area contributed by atoms with Crippen LogP contribution < -0.4 is 10.9 Å². The van der Waals surface area contributed by atoms with Gasteiger partial charge >= 0.3 is 6.03 Å². The molecule has 1 unspecified atom stereocenters. The molecule has 2 aromatic heterocycles. The Morgan fingerprint density at radius 2 is 2.15 bits per heavy atom. The number of carbonyl (C=O) groups is 1. The first-order valence-corrected chi connectivity index (χ1v) is 10.0. The van der Waals surface area contributed by atoms with Gasteiger partial charge in [0, 0.05) is 24.0 Å². The normalized spacial score (nSPS) is 15.0. The average Bonchev–Trinajstić information content (AvgIpc) is 3.19. The number of hydrogen-bond donors (Lipinski definition) is 1. The average molecular weight is 375 g/mol. The van der Waals surface area contributed by atoms with Gasteiger partial charge in [-0.3, -0.25) is 4.79 Å². The van der Waals surface area contributed by atoms with Gasteiger partial charge < -0.3 is 14.8 Å². The van der Waals surface area contributed by atoms with Crippen LogP contribution in [0.2, 0.25) is 0 Å². The SMILES string of the molecule is CCC(CC)C(NC(=O)N1CCc2c(ncn(C)c2=O)C1)c1cccs1. The molecule has 0 spiro atoms. The zero-order chi connectivity index (χ0) is 18.7. The number of amides is 2. The van der Waals surface area contributed by atoms with Gasteiger partial charge in [-0.05, 0) is 23.8 Å². The van der Waals surface area contributed by atoms with Crippen molar-refractivity contribution in [3.8, 4) is 0 Å². The van der Waals surface area contributed by atoms with Gasteiger partial charge in [-0.25, -0.2) is 9.78 Å². The maximum atomic E-state index is 12.9. The summed E-state index contributed by atoms with van der Waals surface area (Å²) in [5.41, 5.74) is 1.43. The third-order valence-corrected chi connectivity index (χ3v) is 6.18. The fourth-order valence-electron chi connectivity index (χ4n) is 3.56. The van der Waals surface area contributed by atoms with Crippen LogP contribution >= 0.6 is 11.3 Å². The van der Waals surface area contributed by atoms with Crippen molar-refractivity contribution in [2.75, 3.05) is 6.54 Å². The highest BCUT2D eigenvalue weighted by Gasteiger charge is 2.28. The summed E-state index contributed by atoms with van der Waals surface area (Å²) in [5, 5.41) is 5.28. The lowest BCUT2D eigenvalue weighted by atomic mass is 9.93. The van der Waals surface area contributed by atoms with E-state index in [1.165, 1.54) is 15.8 Å². The van der Waals surface area contributed by atoms with Crippen molar-refractivity contribution < 1.29 is 4.79 Å². The highest BCUT2D eigenvalue weighted by atomic mass is 32.1. The first-order valence-electron chi connectivity index (χ1n) is 9.17. The molecule has 1 N–H and O–H groups in total. The highest BCUT2D eigenvalue weighted by molar-refractivity contribution is 7.10. The fourth-order valence-corrected chi connectivity index (χ4v) is 4.43. The minimum Gasteiger partial charge on any atom is -0.330 e. The smallest absolute Gasteiger partial charge is 0.318 e. The largest absolute Gasteiger partial charge is 0.330 e. The highest BCUT2D eigenvalue weighted by Crippen LogP contribution is 2.30. The van der Waals surface area contributed by atoms with Crippen molar-refractivity contribution in [3.63, 3.8) is 0 Å². The molecule has 0 radical (unpaired) electrons. The van der Waals surface area contributed by atoms with Gasteiger partial charge in [-0.15, -0.1) is 11.3 Å². The number of carbonyl (C=O) groups excluding carboxylic acids is 1. The van der Waals surface area contributed by atoms with Crippen LogP contribution in [0, 0.1) is 5.92 Å². The Balaban J connectivity index is 1.76. The standard InChI is InChI=1S/C19H26N4O2S/c1-4-13(5-2)17(16-7-6-10-26-16)21-19(25)23-9-8-14-15(11-23)20-12-22(3)18(14)24/h6-7,10,12-13,17H,4-5,8-9,11H2,1-3H3,(H,21,25). The van der Waals surface area contributed by atoms with Gasteiger partial charge in [0.15, 0.2) is 0 Å². The molecule has 3 rings (SSSR count). The lowest BCUT2D eigenvalue weighted by Gasteiger charge is -2.32. The molecule has 1 aliphatic heterocycles. The lowest BCUT2D eigenvalue weighted by molar-refractivity contribution is 0.181. The van der Waals surface area contributed by atoms with E-state index in [-0.39, 0.29) is 17.6 Å². The minimum atomic E-state index is -0.0802. The molecule has 1 atom stereocenters. The van der Waals surface area contributed by atoms with Gasteiger partial charge in [-0.1, -0.05) is 32.8 Å². The molecule has 26 heavy (non-hydrogen) atoms. The summed E-state index contributed by atoms with van der Waals surface area (Å²) < 4.78 is 1.49. The molecule has 1 aliphatic rings. The second kappa shape index (κ2) is 8.03. The van der Waals surface area contributed by atoms with Crippen molar-refractivity contribution in [2.45, 2.75) is 45.7 Å². The van der Waals surface area contributed by atoms with E-state index < -0.39 is 0 Å². The molecule has 0 fully saturated rings. The summed E-state index contributed by atoms with van der Waals surface area (Å²) in [6.07, 6.45) is 4.11. The molecule has 0 bridgehead atoms. The van der Waals surface area contributed by atoms with Crippen molar-refractivity contribution in [3.05, 3.63) is 50.3 Å². The molecule has 3 heterocycles. The van der Waals surface area contributed by atoms with Crippen LogP contribution in [0.15, 0.2) is 28.6 Å². The van der Waals surface area contributed by atoms with Gasteiger partial charge in [0.2, 0.25) is 0 Å². The van der Waals surface area contributed by atoms with Crippen LogP contribution in [0.25, 0.3) is 0 Å². The van der Waals surface area contributed by atoms with Crippen molar-refractivity contribution in [1.29, 1.82) is 0 Å². The third-order valence-electron chi connectivity index (χ3n) is 5.22. The first kappa shape index (κ1) is 18.6. The molecular weight excluding hydrogens is 348 g/mol. The molecule has 2 aromatic rings. The van der Waals surface area contributed by atoms with Crippen LogP contribution in [0.4, 0.5) is 4.79 Å². The monoisotopic (exact) mass is 374 g/mol. The Morgan fingerprint density at radius 3 is 2.81 bits per heavy atom. The maximum Gasteiger partial charge on any atom is 0.318 e. The van der Waals surface area contributed by atoms with Crippen LogP contribution in [0.1, 0.15) is 48.9 Å². The Kier molecular flexibility index (Phi) is 5.76. The summed E-state index contributed by atoms with van der Waals surface area (Å²) in [6.45, 7) is 5.26. The number of aromatic nitrogens is 2. The Morgan fingerprint density at radius 1 is 1.38 bits per heavy atom. The van der Waals surface area contributed by atoms with Crippen LogP contribution in [0.3, 0.4) is 0 Å². The number of thiophene rings is 1. The van der Waals surface area contributed by atoms with Crippen molar-refractivity contribution >= 4 is 17.4 Å². The number of urea groups is 1. The maximum absolute atomic E-state index is 12.9. The Bertz CT molecular complexity index is 811. The first-order chi connectivity index (χ1) is 12.5. The summed E-state index contributed by atoms with van der Waals surface area (Å²) >= 11 is 1.68. The minimum absolute atomic E-state index is 0.0106. The van der Waals surface area contributed by atoms with Crippen LogP contribution in [-0.2, 0) is 20.0 Å². The predicted octanol–water partition coefficient (Wildman–Crippen LogP) is 3.09. The molecule has 6 nitrogen and oxygen atoms in total. The van der Waals surface area contributed by atoms with E-state index in [4.69, 9.17) is 0 Å². The fraction of sp³-hybridized carbons (Fsp3) is 0.526. The summed E-state index contributed by atoms with van der Waals surface area (Å²) in [5.74, 6) is 0.403. The van der Waals surface area contributed by atoms with E-state index in [0.29, 0.717) is 31.1 Å². The number of nitrogens with one attached hydrogen (secondary N) is 1. The number of aryl methyl sites for hydroxylation is 1. The van der Waals surface area contributed by atoms with E-state index in [2.05, 4.69) is 30.2 Å². The lowest BCUT2D eigenvalue weighted by Crippen LogP contribution is -2.46. The van der Waals surface area contributed by atoms with E-state index in [9.17, 15) is 9.59 Å². The Hall–Kier alpha value is -2.15. The molecule has 0 aromatic carbocycles. The number of rotatable bonds is 5. The van der Waals surface area contributed by atoms with Gasteiger partial charge in [0.05, 0.1) is 24.6 Å². The second-order valence-corrected chi connectivity index (χ2v) is 7.76. The number of nitrogens with zero attached hydrogens (tertiary/aromatic N) is 3. The molecule has 7 heteroatoms. The molecule has 140 valence electrons. The van der Waals surface area contributed by atoms with Crippen molar-refractivity contribution in [1.82, 2.24) is 19.8 Å². The van der Waals surface area contributed by atoms with Gasteiger partial charge in [0.1, 0.15) is 0 Å². The zero-order valence-corrected chi connectivity index (χ0v) is 16.4. The second-order valence-electron chi connectivity index (χ2n) is 6.78. The van der Waals surface area contributed by atoms with Gasteiger partial charge in [-0.2, -0.15) is 0 Å².